The van der Waals surface area contributed by atoms with Gasteiger partial charge in [-0.15, -0.1) is 0 Å². The Morgan fingerprint density at radius 1 is 1.31 bits per heavy atom. The molecule has 0 saturated heterocycles. The van der Waals surface area contributed by atoms with Crippen molar-refractivity contribution in [2.75, 3.05) is 13.2 Å². The molecule has 0 amide bonds. The van der Waals surface area contributed by atoms with Crippen LogP contribution in [-0.4, -0.2) is 52.2 Å². The summed E-state index contributed by atoms with van der Waals surface area (Å²) in [5.41, 5.74) is 7.96. The Morgan fingerprint density at radius 2 is 2.03 bits per heavy atom. The van der Waals surface area contributed by atoms with E-state index in [1.165, 1.54) is 5.57 Å². The Labute approximate surface area is 217 Å². The maximum Gasteiger partial charge on any atom is 0.309 e. The summed E-state index contributed by atoms with van der Waals surface area (Å²) in [5, 5.41) is 30.7. The summed E-state index contributed by atoms with van der Waals surface area (Å²) >= 11 is 0. The zero-order valence-corrected chi connectivity index (χ0v) is 22.8. The highest BCUT2D eigenvalue weighted by Gasteiger charge is 2.52. The fourth-order valence-electron chi connectivity index (χ4n) is 7.26. The van der Waals surface area contributed by atoms with Gasteiger partial charge in [-0.1, -0.05) is 38.2 Å². The van der Waals surface area contributed by atoms with Crippen molar-refractivity contribution >= 4 is 5.97 Å². The fourth-order valence-corrected chi connectivity index (χ4v) is 7.26. The molecule has 0 bridgehead atoms. The van der Waals surface area contributed by atoms with Crippen molar-refractivity contribution in [3.63, 3.8) is 0 Å². The minimum Gasteiger partial charge on any atom is -0.464 e. The molecule has 6 nitrogen and oxygen atoms in total. The molecule has 0 aliphatic heterocycles. The largest absolute Gasteiger partial charge is 0.464 e. The normalized spacial score (nSPS) is 35.1. The van der Waals surface area contributed by atoms with E-state index in [0.29, 0.717) is 44.1 Å². The quantitative estimate of drug-likeness (QED) is 0.346. The maximum atomic E-state index is 13.1. The van der Waals surface area contributed by atoms with E-state index in [1.807, 2.05) is 0 Å². The van der Waals surface area contributed by atoms with Gasteiger partial charge in [-0.25, -0.2) is 0 Å². The number of hydrogen-bond acceptors (Lipinski definition) is 6. The van der Waals surface area contributed by atoms with Crippen LogP contribution < -0.4 is 5.73 Å². The summed E-state index contributed by atoms with van der Waals surface area (Å²) in [6.45, 7) is 12.8. The molecular formula is C30H49NO5. The maximum absolute atomic E-state index is 13.1. The molecule has 204 valence electrons. The van der Waals surface area contributed by atoms with Crippen molar-refractivity contribution in [3.8, 4) is 0 Å². The Balaban J connectivity index is 1.81. The van der Waals surface area contributed by atoms with Crippen LogP contribution in [0.1, 0.15) is 85.5 Å². The number of allylic oxidation sites excluding steroid dienone is 3. The molecule has 7 atom stereocenters. The molecule has 2 unspecified atom stereocenters. The van der Waals surface area contributed by atoms with Crippen molar-refractivity contribution in [2.24, 2.45) is 34.8 Å². The van der Waals surface area contributed by atoms with Gasteiger partial charge in [0, 0.05) is 13.0 Å². The zero-order valence-electron chi connectivity index (χ0n) is 22.8. The number of nitrogens with two attached hydrogens (primary N) is 1. The Morgan fingerprint density at radius 3 is 2.69 bits per heavy atom. The predicted octanol–water partition coefficient (Wildman–Crippen LogP) is 4.43. The van der Waals surface area contributed by atoms with Crippen LogP contribution in [0, 0.1) is 29.1 Å². The van der Waals surface area contributed by atoms with Gasteiger partial charge in [0.05, 0.1) is 23.7 Å². The molecule has 3 aliphatic carbocycles. The minimum atomic E-state index is -0.827. The van der Waals surface area contributed by atoms with Gasteiger partial charge in [0.2, 0.25) is 0 Å². The number of carbonyl (C=O) groups is 1. The minimum absolute atomic E-state index is 0.103. The lowest BCUT2D eigenvalue weighted by Gasteiger charge is -2.45. The topological polar surface area (TPSA) is 113 Å². The monoisotopic (exact) mass is 503 g/mol. The van der Waals surface area contributed by atoms with Gasteiger partial charge in [0.1, 0.15) is 6.61 Å². The van der Waals surface area contributed by atoms with Crippen LogP contribution in [0.2, 0.25) is 0 Å². The van der Waals surface area contributed by atoms with Gasteiger partial charge >= 0.3 is 5.97 Å². The summed E-state index contributed by atoms with van der Waals surface area (Å²) in [4.78, 5) is 13.1. The van der Waals surface area contributed by atoms with Gasteiger partial charge in [0.15, 0.2) is 0 Å². The second-order valence-electron chi connectivity index (χ2n) is 12.4. The van der Waals surface area contributed by atoms with E-state index in [9.17, 15) is 20.1 Å². The number of ether oxygens (including phenoxy) is 1. The van der Waals surface area contributed by atoms with Gasteiger partial charge in [-0.05, 0) is 99.5 Å². The van der Waals surface area contributed by atoms with E-state index in [4.69, 9.17) is 10.5 Å². The molecule has 36 heavy (non-hydrogen) atoms. The van der Waals surface area contributed by atoms with Gasteiger partial charge < -0.3 is 25.8 Å². The SMILES string of the molecule is C=C1/C(=C\C=C2CCC[C@@]3(C)C2CC[C@@H]3[C@H](C)C(CCC(C)(C)O)C(=O)OCCN)C[C@@H](O)C[C@H]1O. The summed E-state index contributed by atoms with van der Waals surface area (Å²) in [7, 11) is 0. The van der Waals surface area contributed by atoms with E-state index in [1.54, 1.807) is 13.8 Å². The molecular weight excluding hydrogens is 454 g/mol. The Bertz CT molecular complexity index is 856. The molecule has 0 aromatic rings. The van der Waals surface area contributed by atoms with Crippen LogP contribution in [-0.2, 0) is 9.53 Å². The van der Waals surface area contributed by atoms with Crippen molar-refractivity contribution in [2.45, 2.75) is 103 Å². The highest BCUT2D eigenvalue weighted by molar-refractivity contribution is 5.72. The van der Waals surface area contributed by atoms with E-state index in [-0.39, 0.29) is 29.8 Å². The lowest BCUT2D eigenvalue weighted by Crippen LogP contribution is -2.40. The summed E-state index contributed by atoms with van der Waals surface area (Å²) in [5.74, 6) is 0.553. The predicted molar refractivity (Wildman–Crippen MR) is 143 cm³/mol. The van der Waals surface area contributed by atoms with Crippen LogP contribution in [0.4, 0.5) is 0 Å². The molecule has 5 N–H and O–H groups in total. The molecule has 3 aliphatic rings. The number of esters is 1. The smallest absolute Gasteiger partial charge is 0.309 e. The molecule has 3 rings (SSSR count). The first-order chi connectivity index (χ1) is 16.9. The number of carbonyl (C=O) groups excluding carboxylic acids is 1. The first-order valence-electron chi connectivity index (χ1n) is 13.9. The van der Waals surface area contributed by atoms with Crippen molar-refractivity contribution in [3.05, 3.63) is 35.5 Å². The number of rotatable bonds is 9. The summed E-state index contributed by atoms with van der Waals surface area (Å²) in [6.07, 6.45) is 10.6. The Hall–Kier alpha value is -1.47. The highest BCUT2D eigenvalue weighted by atomic mass is 16.5. The van der Waals surface area contributed by atoms with Crippen LogP contribution in [0.25, 0.3) is 0 Å². The second-order valence-corrected chi connectivity index (χ2v) is 12.4. The van der Waals surface area contributed by atoms with Crippen LogP contribution in [0.5, 0.6) is 0 Å². The van der Waals surface area contributed by atoms with Crippen LogP contribution >= 0.6 is 0 Å². The van der Waals surface area contributed by atoms with Gasteiger partial charge in [-0.3, -0.25) is 4.79 Å². The number of aliphatic hydroxyl groups excluding tert-OH is 2. The van der Waals surface area contributed by atoms with E-state index in [0.717, 1.165) is 43.3 Å². The van der Waals surface area contributed by atoms with Crippen molar-refractivity contribution in [1.82, 2.24) is 0 Å². The summed E-state index contributed by atoms with van der Waals surface area (Å²) < 4.78 is 5.51. The van der Waals surface area contributed by atoms with Gasteiger partial charge in [-0.2, -0.15) is 0 Å². The van der Waals surface area contributed by atoms with Crippen LogP contribution in [0.15, 0.2) is 35.5 Å². The first-order valence-corrected chi connectivity index (χ1v) is 13.9. The first kappa shape index (κ1) is 29.1. The highest BCUT2D eigenvalue weighted by Crippen LogP contribution is 2.60. The molecule has 0 radical (unpaired) electrons. The van der Waals surface area contributed by atoms with Crippen LogP contribution in [0.3, 0.4) is 0 Å². The van der Waals surface area contributed by atoms with E-state index in [2.05, 4.69) is 32.6 Å². The molecule has 3 fully saturated rings. The summed E-state index contributed by atoms with van der Waals surface area (Å²) in [6, 6.07) is 0. The van der Waals surface area contributed by atoms with Crippen molar-refractivity contribution in [1.29, 1.82) is 0 Å². The average molecular weight is 504 g/mol. The number of fused-ring (bicyclic) bond motifs is 1. The fraction of sp³-hybridized carbons (Fsp3) is 0.767. The average Bonchev–Trinajstić information content (AvgIpc) is 3.15. The zero-order chi connectivity index (χ0) is 26.7. The van der Waals surface area contributed by atoms with Crippen molar-refractivity contribution < 1.29 is 24.9 Å². The standard InChI is InChI=1S/C30H49NO5/c1-19-22(17-23(32)18-27(19)33)9-8-21-7-6-13-30(5)25(10-11-26(21)30)20(2)24(12-14-29(3,4)35)28(34)36-16-15-31/h8-9,20,23-27,32-33,35H,1,6-7,10-18,31H2,2-5H3/b21-8?,22-9-/t20-,23-,24?,25-,26?,27-,30-/m1/s1. The molecule has 0 spiro atoms. The molecule has 0 aromatic heterocycles. The van der Waals surface area contributed by atoms with E-state index < -0.39 is 17.8 Å². The van der Waals surface area contributed by atoms with E-state index >= 15 is 0 Å². The molecule has 0 heterocycles. The molecule has 3 saturated carbocycles. The number of hydrogen-bond donors (Lipinski definition) is 4. The third-order valence-corrected chi connectivity index (χ3v) is 9.30. The number of aliphatic hydroxyl groups is 3. The second kappa shape index (κ2) is 11.9. The Kier molecular flexibility index (Phi) is 9.64. The molecule has 0 aromatic carbocycles. The lowest BCUT2D eigenvalue weighted by molar-refractivity contribution is -0.152. The molecule has 6 heteroatoms. The van der Waals surface area contributed by atoms with Gasteiger partial charge in [0.25, 0.3) is 0 Å². The third-order valence-electron chi connectivity index (χ3n) is 9.30. The third kappa shape index (κ3) is 6.69. The lowest BCUT2D eigenvalue weighted by atomic mass is 9.59.